The van der Waals surface area contributed by atoms with Crippen molar-refractivity contribution in [3.8, 4) is 6.07 Å². The molecule has 0 aliphatic carbocycles. The lowest BCUT2D eigenvalue weighted by atomic mass is 10.1. The summed E-state index contributed by atoms with van der Waals surface area (Å²) in [5, 5.41) is 12.3. The van der Waals surface area contributed by atoms with Gasteiger partial charge in [0.25, 0.3) is 0 Å². The lowest BCUT2D eigenvalue weighted by Crippen LogP contribution is -2.02. The topological polar surface area (TPSA) is 79.5 Å². The van der Waals surface area contributed by atoms with Gasteiger partial charge in [0.15, 0.2) is 0 Å². The average molecular weight is 286 g/mol. The van der Waals surface area contributed by atoms with Crippen LogP contribution in [0, 0.1) is 11.3 Å². The Morgan fingerprint density at radius 1 is 1.05 bits per heavy atom. The van der Waals surface area contributed by atoms with Crippen LogP contribution < -0.4 is 0 Å². The Kier molecular flexibility index (Phi) is 4.13. The van der Waals surface area contributed by atoms with Gasteiger partial charge in [-0.2, -0.15) is 13.7 Å². The third-order valence-corrected chi connectivity index (χ3v) is 3.58. The molecule has 0 fully saturated rings. The zero-order valence-electron chi connectivity index (χ0n) is 10.3. The van der Waals surface area contributed by atoms with E-state index >= 15 is 0 Å². The fourth-order valence-electron chi connectivity index (χ4n) is 1.48. The highest BCUT2D eigenvalue weighted by molar-refractivity contribution is 7.86. The molecule has 0 saturated heterocycles. The summed E-state index contributed by atoms with van der Waals surface area (Å²) in [5.41, 5.74) is 0.871. The normalized spacial score (nSPS) is 11.2. The quantitative estimate of drug-likeness (QED) is 0.638. The maximum atomic E-state index is 11.8. The van der Waals surface area contributed by atoms with Gasteiger partial charge in [0.1, 0.15) is 4.90 Å². The van der Waals surface area contributed by atoms with E-state index in [2.05, 4.69) is 9.44 Å². The predicted molar refractivity (Wildman–Crippen MR) is 73.5 cm³/mol. The standard InChI is InChI=1S/C14H10N2O3S/c15-10-12-6-4-5-7-13(12)11-16-19-20(17,18)14-8-2-1-3-9-14/h1-9,11H. The second-order valence-corrected chi connectivity index (χ2v) is 5.30. The first-order chi connectivity index (χ1) is 9.63. The lowest BCUT2D eigenvalue weighted by Gasteiger charge is -2.00. The van der Waals surface area contributed by atoms with E-state index in [4.69, 9.17) is 5.26 Å². The molecule has 0 aliphatic rings. The lowest BCUT2D eigenvalue weighted by molar-refractivity contribution is 0.341. The number of rotatable bonds is 4. The van der Waals surface area contributed by atoms with E-state index in [1.165, 1.54) is 18.3 Å². The molecule has 0 aliphatic heterocycles. The van der Waals surface area contributed by atoms with Gasteiger partial charge in [0.2, 0.25) is 0 Å². The van der Waals surface area contributed by atoms with Crippen molar-refractivity contribution < 1.29 is 12.7 Å². The third kappa shape index (κ3) is 3.22. The Morgan fingerprint density at radius 2 is 1.70 bits per heavy atom. The molecular weight excluding hydrogens is 276 g/mol. The van der Waals surface area contributed by atoms with Crippen LogP contribution in [-0.2, 0) is 14.4 Å². The van der Waals surface area contributed by atoms with Crippen LogP contribution in [0.15, 0.2) is 64.6 Å². The molecule has 20 heavy (non-hydrogen) atoms. The Bertz CT molecular complexity index is 763. The van der Waals surface area contributed by atoms with Crippen molar-refractivity contribution in [2.24, 2.45) is 5.16 Å². The van der Waals surface area contributed by atoms with E-state index in [0.29, 0.717) is 11.1 Å². The van der Waals surface area contributed by atoms with E-state index in [-0.39, 0.29) is 4.90 Å². The van der Waals surface area contributed by atoms with Crippen molar-refractivity contribution in [3.63, 3.8) is 0 Å². The molecule has 5 nitrogen and oxygen atoms in total. The molecule has 0 bridgehead atoms. The Morgan fingerprint density at radius 3 is 2.40 bits per heavy atom. The van der Waals surface area contributed by atoms with Gasteiger partial charge in [-0.15, -0.1) is 0 Å². The van der Waals surface area contributed by atoms with E-state index < -0.39 is 10.1 Å². The van der Waals surface area contributed by atoms with Crippen LogP contribution in [0.25, 0.3) is 0 Å². The first kappa shape index (κ1) is 13.8. The molecule has 2 aromatic carbocycles. The fraction of sp³-hybridized carbons (Fsp3) is 0. The Labute approximate surface area is 116 Å². The number of oxime groups is 1. The summed E-state index contributed by atoms with van der Waals surface area (Å²) in [7, 11) is -3.93. The molecular formula is C14H10N2O3S. The van der Waals surface area contributed by atoms with Gasteiger partial charge in [-0.1, -0.05) is 41.6 Å². The first-order valence-electron chi connectivity index (χ1n) is 5.65. The van der Waals surface area contributed by atoms with Crippen molar-refractivity contribution in [1.29, 1.82) is 5.26 Å². The number of nitriles is 1. The molecule has 0 saturated carbocycles. The molecule has 0 heterocycles. The van der Waals surface area contributed by atoms with Gasteiger partial charge >= 0.3 is 10.1 Å². The van der Waals surface area contributed by atoms with Crippen molar-refractivity contribution in [3.05, 3.63) is 65.7 Å². The van der Waals surface area contributed by atoms with Crippen LogP contribution in [0.5, 0.6) is 0 Å². The molecule has 0 unspecified atom stereocenters. The molecule has 2 rings (SSSR count). The summed E-state index contributed by atoms with van der Waals surface area (Å²) in [6.07, 6.45) is 1.19. The SMILES string of the molecule is N#Cc1ccccc1C=NOS(=O)(=O)c1ccccc1. The second-order valence-electron chi connectivity index (χ2n) is 3.78. The molecule has 0 aromatic heterocycles. The number of hydrogen-bond acceptors (Lipinski definition) is 5. The molecule has 0 N–H and O–H groups in total. The second kappa shape index (κ2) is 5.99. The summed E-state index contributed by atoms with van der Waals surface area (Å²) < 4.78 is 28.1. The summed E-state index contributed by atoms with van der Waals surface area (Å²) in [5.74, 6) is 0. The van der Waals surface area contributed by atoms with Crippen molar-refractivity contribution in [2.75, 3.05) is 0 Å². The van der Waals surface area contributed by atoms with Gasteiger partial charge in [-0.05, 0) is 18.2 Å². The molecule has 0 atom stereocenters. The summed E-state index contributed by atoms with van der Waals surface area (Å²) in [4.78, 5) is 0.0192. The van der Waals surface area contributed by atoms with Gasteiger partial charge in [0, 0.05) is 5.56 Å². The smallest absolute Gasteiger partial charge is 0.265 e. The van der Waals surface area contributed by atoms with E-state index in [9.17, 15) is 8.42 Å². The molecule has 6 heteroatoms. The first-order valence-corrected chi connectivity index (χ1v) is 7.05. The van der Waals surface area contributed by atoms with Crippen LogP contribution in [0.3, 0.4) is 0 Å². The fourth-order valence-corrected chi connectivity index (χ4v) is 2.21. The highest BCUT2D eigenvalue weighted by atomic mass is 32.2. The highest BCUT2D eigenvalue weighted by Crippen LogP contribution is 2.12. The number of hydrogen-bond donors (Lipinski definition) is 0. The van der Waals surface area contributed by atoms with Crippen LogP contribution >= 0.6 is 0 Å². The van der Waals surface area contributed by atoms with Crippen LogP contribution in [-0.4, -0.2) is 14.6 Å². The summed E-state index contributed by atoms with van der Waals surface area (Å²) in [6.45, 7) is 0. The van der Waals surface area contributed by atoms with E-state index in [0.717, 1.165) is 0 Å². The number of nitrogens with zero attached hydrogens (tertiary/aromatic N) is 2. The van der Waals surface area contributed by atoms with Crippen LogP contribution in [0.4, 0.5) is 0 Å². The largest absolute Gasteiger partial charge is 0.358 e. The Balaban J connectivity index is 2.17. The van der Waals surface area contributed by atoms with Crippen molar-refractivity contribution >= 4 is 16.3 Å². The molecule has 100 valence electrons. The zero-order valence-corrected chi connectivity index (χ0v) is 11.1. The van der Waals surface area contributed by atoms with Gasteiger partial charge in [-0.25, -0.2) is 0 Å². The highest BCUT2D eigenvalue weighted by Gasteiger charge is 2.14. The van der Waals surface area contributed by atoms with Crippen LogP contribution in [0.2, 0.25) is 0 Å². The number of benzene rings is 2. The van der Waals surface area contributed by atoms with E-state index in [1.54, 1.807) is 42.5 Å². The van der Waals surface area contributed by atoms with E-state index in [1.807, 2.05) is 6.07 Å². The minimum absolute atomic E-state index is 0.0192. The van der Waals surface area contributed by atoms with Gasteiger partial charge in [0.05, 0.1) is 17.8 Å². The molecule has 2 aromatic rings. The monoisotopic (exact) mass is 286 g/mol. The molecule has 0 radical (unpaired) electrons. The maximum absolute atomic E-state index is 11.8. The molecule has 0 amide bonds. The average Bonchev–Trinajstić information content (AvgIpc) is 2.48. The molecule has 0 spiro atoms. The Hall–Kier alpha value is -2.65. The summed E-state index contributed by atoms with van der Waals surface area (Å²) >= 11 is 0. The van der Waals surface area contributed by atoms with Crippen molar-refractivity contribution in [1.82, 2.24) is 0 Å². The summed E-state index contributed by atoms with van der Waals surface area (Å²) in [6, 6.07) is 16.3. The minimum Gasteiger partial charge on any atom is -0.265 e. The van der Waals surface area contributed by atoms with Crippen molar-refractivity contribution in [2.45, 2.75) is 4.90 Å². The van der Waals surface area contributed by atoms with Gasteiger partial charge < -0.3 is 0 Å². The minimum atomic E-state index is -3.93. The van der Waals surface area contributed by atoms with Crippen LogP contribution in [0.1, 0.15) is 11.1 Å². The maximum Gasteiger partial charge on any atom is 0.358 e. The predicted octanol–water partition coefficient (Wildman–Crippen LogP) is 2.30. The zero-order chi connectivity index (χ0) is 14.4. The van der Waals surface area contributed by atoms with Gasteiger partial charge in [-0.3, -0.25) is 4.28 Å². The third-order valence-electron chi connectivity index (χ3n) is 2.45.